The summed E-state index contributed by atoms with van der Waals surface area (Å²) in [6, 6.07) is 30.8. The molecule has 4 aromatic carbocycles. The molecule has 6 rings (SSSR count). The molecule has 2 nitrogen and oxygen atoms in total. The fourth-order valence-electron chi connectivity index (χ4n) is 4.63. The SMILES string of the molecule is O=C1C2=C(c3ccccc31)c1c(ccc3ccccc13)NC2c1ccccc1. The lowest BCUT2D eigenvalue weighted by molar-refractivity contribution is 0.103. The van der Waals surface area contributed by atoms with Gasteiger partial charge in [0, 0.05) is 28.0 Å². The third-order valence-electron chi connectivity index (χ3n) is 5.86. The molecule has 0 radical (unpaired) electrons. The highest BCUT2D eigenvalue weighted by molar-refractivity contribution is 6.27. The average Bonchev–Trinajstić information content (AvgIpc) is 3.07. The van der Waals surface area contributed by atoms with Gasteiger partial charge < -0.3 is 5.32 Å². The molecule has 1 atom stereocenters. The van der Waals surface area contributed by atoms with E-state index >= 15 is 0 Å². The molecule has 2 heteroatoms. The molecule has 0 amide bonds. The van der Waals surface area contributed by atoms with Gasteiger partial charge in [-0.1, -0.05) is 84.9 Å². The maximum atomic E-state index is 13.5. The molecule has 1 heterocycles. The van der Waals surface area contributed by atoms with Gasteiger partial charge in [-0.3, -0.25) is 4.79 Å². The number of nitrogens with one attached hydrogen (secondary N) is 1. The minimum absolute atomic E-state index is 0.130. The molecular formula is C26H17NO. The van der Waals surface area contributed by atoms with Gasteiger partial charge in [0.25, 0.3) is 0 Å². The van der Waals surface area contributed by atoms with E-state index in [0.29, 0.717) is 0 Å². The molecule has 2 aliphatic rings. The van der Waals surface area contributed by atoms with Crippen molar-refractivity contribution in [1.82, 2.24) is 0 Å². The molecule has 0 bridgehead atoms. The highest BCUT2D eigenvalue weighted by Gasteiger charge is 2.39. The maximum Gasteiger partial charge on any atom is 0.192 e. The second-order valence-electron chi connectivity index (χ2n) is 7.36. The number of anilines is 1. The van der Waals surface area contributed by atoms with Crippen molar-refractivity contribution in [2.75, 3.05) is 5.32 Å². The zero-order chi connectivity index (χ0) is 18.7. The summed E-state index contributed by atoms with van der Waals surface area (Å²) in [5.41, 5.74) is 7.11. The van der Waals surface area contributed by atoms with E-state index in [1.165, 1.54) is 10.8 Å². The Morgan fingerprint density at radius 2 is 1.39 bits per heavy atom. The molecule has 1 aliphatic heterocycles. The zero-order valence-electron chi connectivity index (χ0n) is 15.1. The number of carbonyl (C=O) groups is 1. The molecule has 132 valence electrons. The second kappa shape index (κ2) is 5.67. The molecule has 1 N–H and O–H groups in total. The summed E-state index contributed by atoms with van der Waals surface area (Å²) >= 11 is 0. The molecule has 0 aromatic heterocycles. The van der Waals surface area contributed by atoms with Crippen LogP contribution in [0.15, 0.2) is 96.6 Å². The van der Waals surface area contributed by atoms with Crippen LogP contribution in [-0.2, 0) is 0 Å². The van der Waals surface area contributed by atoms with Crippen LogP contribution in [0.1, 0.15) is 33.1 Å². The van der Waals surface area contributed by atoms with E-state index in [0.717, 1.165) is 39.1 Å². The number of hydrogen-bond acceptors (Lipinski definition) is 2. The number of hydrogen-bond donors (Lipinski definition) is 1. The molecular weight excluding hydrogens is 342 g/mol. The highest BCUT2D eigenvalue weighted by Crippen LogP contribution is 2.51. The Hall–Kier alpha value is -3.65. The third-order valence-corrected chi connectivity index (χ3v) is 5.86. The van der Waals surface area contributed by atoms with Crippen molar-refractivity contribution in [3.63, 3.8) is 0 Å². The van der Waals surface area contributed by atoms with Crippen LogP contribution in [0.2, 0.25) is 0 Å². The van der Waals surface area contributed by atoms with Crippen LogP contribution in [0.3, 0.4) is 0 Å². The minimum atomic E-state index is -0.148. The lowest BCUT2D eigenvalue weighted by atomic mass is 9.84. The van der Waals surface area contributed by atoms with Gasteiger partial charge >= 0.3 is 0 Å². The first kappa shape index (κ1) is 15.4. The van der Waals surface area contributed by atoms with Crippen LogP contribution in [0.5, 0.6) is 0 Å². The quantitative estimate of drug-likeness (QED) is 0.451. The van der Waals surface area contributed by atoms with Crippen molar-refractivity contribution in [3.8, 4) is 0 Å². The number of rotatable bonds is 1. The Bertz CT molecular complexity index is 1300. The zero-order valence-corrected chi connectivity index (χ0v) is 15.1. The highest BCUT2D eigenvalue weighted by atomic mass is 16.1. The van der Waals surface area contributed by atoms with Gasteiger partial charge in [-0.15, -0.1) is 0 Å². The van der Waals surface area contributed by atoms with Crippen LogP contribution in [0.4, 0.5) is 5.69 Å². The first-order chi connectivity index (χ1) is 13.8. The van der Waals surface area contributed by atoms with Crippen LogP contribution in [-0.4, -0.2) is 5.78 Å². The van der Waals surface area contributed by atoms with Crippen LogP contribution in [0, 0.1) is 0 Å². The Morgan fingerprint density at radius 3 is 2.25 bits per heavy atom. The summed E-state index contributed by atoms with van der Waals surface area (Å²) in [7, 11) is 0. The fraction of sp³-hybridized carbons (Fsp3) is 0.0385. The van der Waals surface area contributed by atoms with Crippen molar-refractivity contribution in [3.05, 3.63) is 119 Å². The third kappa shape index (κ3) is 2.00. The number of carbonyl (C=O) groups excluding carboxylic acids is 1. The Kier molecular flexibility index (Phi) is 3.12. The van der Waals surface area contributed by atoms with Crippen LogP contribution >= 0.6 is 0 Å². The summed E-state index contributed by atoms with van der Waals surface area (Å²) in [6.07, 6.45) is 0. The van der Waals surface area contributed by atoms with Crippen molar-refractivity contribution in [1.29, 1.82) is 0 Å². The predicted octanol–water partition coefficient (Wildman–Crippen LogP) is 6.00. The summed E-state index contributed by atoms with van der Waals surface area (Å²) in [4.78, 5) is 13.5. The van der Waals surface area contributed by atoms with E-state index in [4.69, 9.17) is 0 Å². The summed E-state index contributed by atoms with van der Waals surface area (Å²) in [6.45, 7) is 0. The van der Waals surface area contributed by atoms with Gasteiger partial charge in [0.1, 0.15) is 0 Å². The average molecular weight is 359 g/mol. The number of benzene rings is 4. The van der Waals surface area contributed by atoms with Crippen molar-refractivity contribution in [2.45, 2.75) is 6.04 Å². The molecule has 0 spiro atoms. The molecule has 1 unspecified atom stereocenters. The number of ketones is 1. The summed E-state index contributed by atoms with van der Waals surface area (Å²) < 4.78 is 0. The van der Waals surface area contributed by atoms with Gasteiger partial charge in [-0.2, -0.15) is 0 Å². The normalized spacial score (nSPS) is 17.1. The molecule has 0 fully saturated rings. The topological polar surface area (TPSA) is 29.1 Å². The van der Waals surface area contributed by atoms with Gasteiger partial charge in [0.2, 0.25) is 0 Å². The second-order valence-corrected chi connectivity index (χ2v) is 7.36. The fourth-order valence-corrected chi connectivity index (χ4v) is 4.63. The van der Waals surface area contributed by atoms with E-state index in [9.17, 15) is 4.79 Å². The minimum Gasteiger partial charge on any atom is -0.373 e. The first-order valence-corrected chi connectivity index (χ1v) is 9.55. The van der Waals surface area contributed by atoms with Gasteiger partial charge in [-0.25, -0.2) is 0 Å². The van der Waals surface area contributed by atoms with Gasteiger partial charge in [0.05, 0.1) is 6.04 Å². The number of Topliss-reactive ketones (excluding diaryl/α,β-unsaturated/α-hetero) is 1. The molecule has 4 aromatic rings. The van der Waals surface area contributed by atoms with Crippen molar-refractivity contribution < 1.29 is 4.79 Å². The molecule has 1 aliphatic carbocycles. The van der Waals surface area contributed by atoms with Crippen molar-refractivity contribution in [2.24, 2.45) is 0 Å². The van der Waals surface area contributed by atoms with E-state index in [1.54, 1.807) is 0 Å². The predicted molar refractivity (Wildman–Crippen MR) is 114 cm³/mol. The molecule has 0 saturated heterocycles. The Labute approximate surface area is 163 Å². The van der Waals surface area contributed by atoms with Crippen LogP contribution in [0.25, 0.3) is 16.3 Å². The lowest BCUT2D eigenvalue weighted by Gasteiger charge is -2.30. The van der Waals surface area contributed by atoms with Crippen LogP contribution < -0.4 is 5.32 Å². The lowest BCUT2D eigenvalue weighted by Crippen LogP contribution is -2.22. The first-order valence-electron chi connectivity index (χ1n) is 9.55. The van der Waals surface area contributed by atoms with Gasteiger partial charge in [0.15, 0.2) is 5.78 Å². The van der Waals surface area contributed by atoms with E-state index in [2.05, 4.69) is 59.9 Å². The standard InChI is InChI=1S/C26H17NO/c28-26-20-13-7-6-12-19(20)23-22-18-11-5-4-8-16(18)14-15-21(22)27-25(24(23)26)17-9-2-1-3-10-17/h1-15,25,27H. The molecule has 28 heavy (non-hydrogen) atoms. The largest absolute Gasteiger partial charge is 0.373 e. The van der Waals surface area contributed by atoms with E-state index in [1.807, 2.05) is 36.4 Å². The monoisotopic (exact) mass is 359 g/mol. The van der Waals surface area contributed by atoms with E-state index < -0.39 is 0 Å². The Morgan fingerprint density at radius 1 is 0.679 bits per heavy atom. The van der Waals surface area contributed by atoms with Crippen molar-refractivity contribution >= 4 is 27.8 Å². The number of fused-ring (bicyclic) bond motifs is 6. The summed E-state index contributed by atoms with van der Waals surface area (Å²) in [5, 5.41) is 6.03. The van der Waals surface area contributed by atoms with E-state index in [-0.39, 0.29) is 11.8 Å². The Balaban J connectivity index is 1.73. The smallest absolute Gasteiger partial charge is 0.192 e. The molecule has 0 saturated carbocycles. The summed E-state index contributed by atoms with van der Waals surface area (Å²) in [5.74, 6) is 0.130. The van der Waals surface area contributed by atoms with Gasteiger partial charge in [-0.05, 0) is 28.0 Å². The maximum absolute atomic E-state index is 13.5.